The van der Waals surface area contributed by atoms with Gasteiger partial charge in [0.25, 0.3) is 0 Å². The van der Waals surface area contributed by atoms with Crippen molar-refractivity contribution in [2.45, 2.75) is 19.8 Å². The monoisotopic (exact) mass is 231 g/mol. The summed E-state index contributed by atoms with van der Waals surface area (Å²) in [4.78, 5) is 19.5. The summed E-state index contributed by atoms with van der Waals surface area (Å²) >= 11 is 0. The van der Waals surface area contributed by atoms with Crippen LogP contribution in [-0.4, -0.2) is 25.6 Å². The van der Waals surface area contributed by atoms with Crippen molar-refractivity contribution >= 4 is 5.97 Å². The lowest BCUT2D eigenvalue weighted by atomic mass is 10.2. The number of hydrogen-bond acceptors (Lipinski definition) is 3. The third kappa shape index (κ3) is 2.18. The molecule has 17 heavy (non-hydrogen) atoms. The van der Waals surface area contributed by atoms with Crippen LogP contribution in [0.4, 0.5) is 0 Å². The lowest BCUT2D eigenvalue weighted by molar-refractivity contribution is 0.0696. The number of aryl methyl sites for hydroxylation is 1. The molecule has 2 heterocycles. The third-order valence-corrected chi connectivity index (χ3v) is 2.44. The second kappa shape index (κ2) is 4.78. The van der Waals surface area contributed by atoms with E-state index >= 15 is 0 Å². The number of nitrogens with zero attached hydrogens (tertiary/aromatic N) is 3. The van der Waals surface area contributed by atoms with Crippen LogP contribution in [0.5, 0.6) is 0 Å². The molecule has 0 bridgehead atoms. The zero-order chi connectivity index (χ0) is 12.3. The van der Waals surface area contributed by atoms with E-state index in [1.54, 1.807) is 35.3 Å². The Morgan fingerprint density at radius 2 is 2.24 bits per heavy atom. The van der Waals surface area contributed by atoms with Gasteiger partial charge in [0.05, 0.1) is 0 Å². The molecule has 0 radical (unpaired) electrons. The molecule has 0 saturated carbocycles. The minimum Gasteiger partial charge on any atom is -0.478 e. The van der Waals surface area contributed by atoms with Gasteiger partial charge in [-0.3, -0.25) is 4.57 Å². The van der Waals surface area contributed by atoms with Crippen molar-refractivity contribution in [1.82, 2.24) is 14.5 Å². The molecule has 0 saturated heterocycles. The molecule has 0 amide bonds. The van der Waals surface area contributed by atoms with Gasteiger partial charge in [0.2, 0.25) is 0 Å². The van der Waals surface area contributed by atoms with Crippen LogP contribution in [0.15, 0.2) is 30.7 Å². The number of carboxylic acid groups (broad SMARTS) is 1. The third-order valence-electron chi connectivity index (χ3n) is 2.44. The quantitative estimate of drug-likeness (QED) is 0.872. The fraction of sp³-hybridized carbons (Fsp3) is 0.250. The SMILES string of the molecule is CCCc1nccn1-c1ncccc1C(=O)O. The smallest absolute Gasteiger partial charge is 0.339 e. The van der Waals surface area contributed by atoms with Gasteiger partial charge in [0, 0.05) is 25.0 Å². The van der Waals surface area contributed by atoms with Gasteiger partial charge < -0.3 is 5.11 Å². The average molecular weight is 231 g/mol. The number of aromatic carboxylic acids is 1. The van der Waals surface area contributed by atoms with Crippen LogP contribution in [-0.2, 0) is 6.42 Å². The molecule has 0 aliphatic carbocycles. The number of rotatable bonds is 4. The van der Waals surface area contributed by atoms with Gasteiger partial charge in [-0.05, 0) is 18.6 Å². The molecule has 2 rings (SSSR count). The molecular weight excluding hydrogens is 218 g/mol. The summed E-state index contributed by atoms with van der Waals surface area (Å²) < 4.78 is 1.73. The number of imidazole rings is 1. The maximum atomic E-state index is 11.1. The Hall–Kier alpha value is -2.17. The molecule has 0 atom stereocenters. The molecule has 2 aromatic heterocycles. The Labute approximate surface area is 98.8 Å². The van der Waals surface area contributed by atoms with Crippen molar-refractivity contribution in [2.24, 2.45) is 0 Å². The molecule has 0 unspecified atom stereocenters. The highest BCUT2D eigenvalue weighted by Crippen LogP contribution is 2.14. The molecule has 88 valence electrons. The molecule has 5 nitrogen and oxygen atoms in total. The maximum absolute atomic E-state index is 11.1. The van der Waals surface area contributed by atoms with E-state index in [0.717, 1.165) is 18.7 Å². The highest BCUT2D eigenvalue weighted by molar-refractivity contribution is 5.91. The molecule has 1 N–H and O–H groups in total. The van der Waals surface area contributed by atoms with Crippen molar-refractivity contribution in [3.05, 3.63) is 42.1 Å². The second-order valence-electron chi connectivity index (χ2n) is 3.64. The van der Waals surface area contributed by atoms with Crippen molar-refractivity contribution in [3.8, 4) is 5.82 Å². The summed E-state index contributed by atoms with van der Waals surface area (Å²) in [6.07, 6.45) is 6.72. The Morgan fingerprint density at radius 3 is 2.94 bits per heavy atom. The second-order valence-corrected chi connectivity index (χ2v) is 3.64. The van der Waals surface area contributed by atoms with E-state index in [-0.39, 0.29) is 5.56 Å². The minimum absolute atomic E-state index is 0.183. The first-order valence-electron chi connectivity index (χ1n) is 5.45. The number of carboxylic acids is 1. The number of hydrogen-bond donors (Lipinski definition) is 1. The molecule has 5 heteroatoms. The van der Waals surface area contributed by atoms with E-state index in [1.807, 2.05) is 0 Å². The summed E-state index contributed by atoms with van der Waals surface area (Å²) in [5.74, 6) is 0.263. The summed E-state index contributed by atoms with van der Waals surface area (Å²) in [5, 5.41) is 9.11. The van der Waals surface area contributed by atoms with E-state index in [1.165, 1.54) is 0 Å². The lowest BCUT2D eigenvalue weighted by Crippen LogP contribution is -2.09. The fourth-order valence-electron chi connectivity index (χ4n) is 1.69. The first-order valence-corrected chi connectivity index (χ1v) is 5.45. The Kier molecular flexibility index (Phi) is 3.18. The van der Waals surface area contributed by atoms with Crippen LogP contribution in [0, 0.1) is 0 Å². The van der Waals surface area contributed by atoms with E-state index < -0.39 is 5.97 Å². The van der Waals surface area contributed by atoms with Crippen molar-refractivity contribution in [1.29, 1.82) is 0 Å². The number of carbonyl (C=O) groups is 1. The standard InChI is InChI=1S/C12H13N3O2/c1-2-4-10-13-7-8-15(10)11-9(12(16)17)5-3-6-14-11/h3,5-8H,2,4H2,1H3,(H,16,17). The maximum Gasteiger partial charge on any atom is 0.339 e. The van der Waals surface area contributed by atoms with Crippen LogP contribution in [0.25, 0.3) is 5.82 Å². The molecule has 0 aromatic carbocycles. The molecule has 0 aliphatic rings. The van der Waals surface area contributed by atoms with Crippen molar-refractivity contribution in [3.63, 3.8) is 0 Å². The van der Waals surface area contributed by atoms with Gasteiger partial charge in [-0.2, -0.15) is 0 Å². The van der Waals surface area contributed by atoms with Crippen LogP contribution in [0.3, 0.4) is 0 Å². The Balaban J connectivity index is 2.52. The first-order chi connectivity index (χ1) is 8.24. The zero-order valence-corrected chi connectivity index (χ0v) is 9.50. The average Bonchev–Trinajstić information content (AvgIpc) is 2.77. The number of pyridine rings is 1. The van der Waals surface area contributed by atoms with E-state index in [4.69, 9.17) is 5.11 Å². The Morgan fingerprint density at radius 1 is 1.41 bits per heavy atom. The molecular formula is C12H13N3O2. The van der Waals surface area contributed by atoms with Crippen LogP contribution in [0.2, 0.25) is 0 Å². The molecule has 0 aliphatic heterocycles. The topological polar surface area (TPSA) is 68.0 Å². The predicted molar refractivity (Wildman–Crippen MR) is 62.3 cm³/mol. The summed E-state index contributed by atoms with van der Waals surface area (Å²) in [6, 6.07) is 3.16. The van der Waals surface area contributed by atoms with Gasteiger partial charge in [-0.1, -0.05) is 6.92 Å². The summed E-state index contributed by atoms with van der Waals surface area (Å²) in [7, 11) is 0. The molecule has 0 fully saturated rings. The lowest BCUT2D eigenvalue weighted by Gasteiger charge is -2.08. The highest BCUT2D eigenvalue weighted by Gasteiger charge is 2.14. The molecule has 2 aromatic rings. The minimum atomic E-state index is -0.982. The largest absolute Gasteiger partial charge is 0.478 e. The fourth-order valence-corrected chi connectivity index (χ4v) is 1.69. The summed E-state index contributed by atoms with van der Waals surface area (Å²) in [5.41, 5.74) is 0.183. The zero-order valence-electron chi connectivity index (χ0n) is 9.50. The van der Waals surface area contributed by atoms with Crippen molar-refractivity contribution in [2.75, 3.05) is 0 Å². The van der Waals surface area contributed by atoms with Gasteiger partial charge >= 0.3 is 5.97 Å². The predicted octanol–water partition coefficient (Wildman–Crippen LogP) is 1.92. The van der Waals surface area contributed by atoms with Gasteiger partial charge in [0.1, 0.15) is 11.4 Å². The Bertz CT molecular complexity index is 534. The van der Waals surface area contributed by atoms with Gasteiger partial charge in [0.15, 0.2) is 5.82 Å². The van der Waals surface area contributed by atoms with Crippen LogP contribution in [0.1, 0.15) is 29.5 Å². The van der Waals surface area contributed by atoms with Gasteiger partial charge in [-0.15, -0.1) is 0 Å². The van der Waals surface area contributed by atoms with Crippen LogP contribution >= 0.6 is 0 Å². The van der Waals surface area contributed by atoms with Crippen molar-refractivity contribution < 1.29 is 9.90 Å². The first kappa shape index (κ1) is 11.3. The van der Waals surface area contributed by atoms with Crippen LogP contribution < -0.4 is 0 Å². The van der Waals surface area contributed by atoms with E-state index in [2.05, 4.69) is 16.9 Å². The molecule has 0 spiro atoms. The number of aromatic nitrogens is 3. The van der Waals surface area contributed by atoms with Gasteiger partial charge in [-0.25, -0.2) is 14.8 Å². The highest BCUT2D eigenvalue weighted by atomic mass is 16.4. The van der Waals surface area contributed by atoms with E-state index in [0.29, 0.717) is 5.82 Å². The summed E-state index contributed by atoms with van der Waals surface area (Å²) in [6.45, 7) is 2.05. The normalized spacial score (nSPS) is 10.4. The van der Waals surface area contributed by atoms with E-state index in [9.17, 15) is 4.79 Å².